The largest absolute Gasteiger partial charge is 0.507 e. The molecule has 4 rings (SSSR count). The summed E-state index contributed by atoms with van der Waals surface area (Å²) in [5.41, 5.74) is 1.17. The highest BCUT2D eigenvalue weighted by Gasteiger charge is 2.48. The van der Waals surface area contributed by atoms with E-state index in [2.05, 4.69) is 11.9 Å². The molecule has 40 heavy (non-hydrogen) atoms. The number of ketones is 1. The van der Waals surface area contributed by atoms with Gasteiger partial charge in [-0.2, -0.15) is 0 Å². The zero-order valence-corrected chi connectivity index (χ0v) is 23.7. The molecule has 1 aliphatic heterocycles. The number of aryl methyl sites for hydroxylation is 1. The van der Waals surface area contributed by atoms with Gasteiger partial charge in [0.2, 0.25) is 0 Å². The number of rotatable bonds is 11. The third-order valence-corrected chi connectivity index (χ3v) is 7.59. The molecule has 0 saturated carbocycles. The molecule has 10 heteroatoms. The predicted octanol–water partition coefficient (Wildman–Crippen LogP) is 5.83. The van der Waals surface area contributed by atoms with Crippen molar-refractivity contribution in [3.8, 4) is 11.5 Å². The number of carbonyl (C=O) groups is 3. The number of thiazole rings is 1. The lowest BCUT2D eigenvalue weighted by atomic mass is 9.95. The normalized spacial score (nSPS) is 16.3. The number of amides is 1. The van der Waals surface area contributed by atoms with Crippen molar-refractivity contribution >= 4 is 39.9 Å². The van der Waals surface area contributed by atoms with Gasteiger partial charge in [0.1, 0.15) is 22.1 Å². The summed E-state index contributed by atoms with van der Waals surface area (Å²) in [6, 6.07) is 12.6. The quantitative estimate of drug-likeness (QED) is 0.102. The number of aliphatic hydroxyl groups is 1. The average molecular weight is 565 g/mol. The lowest BCUT2D eigenvalue weighted by molar-refractivity contribution is -0.132. The molecule has 1 atom stereocenters. The maximum Gasteiger partial charge on any atom is 0.350 e. The molecule has 2 aromatic carbocycles. The number of hydrogen-bond donors (Lipinski definition) is 1. The van der Waals surface area contributed by atoms with Gasteiger partial charge < -0.3 is 19.3 Å². The second-order valence-corrected chi connectivity index (χ2v) is 10.1. The van der Waals surface area contributed by atoms with Crippen molar-refractivity contribution in [2.45, 2.75) is 46.1 Å². The zero-order valence-electron chi connectivity index (χ0n) is 22.9. The molecule has 0 radical (unpaired) electrons. The molecule has 1 amide bonds. The Kier molecular flexibility index (Phi) is 9.21. The molecule has 210 valence electrons. The Hall–Kier alpha value is -4.18. The van der Waals surface area contributed by atoms with Crippen LogP contribution in [-0.2, 0) is 14.3 Å². The van der Waals surface area contributed by atoms with Gasteiger partial charge in [0.05, 0.1) is 37.6 Å². The van der Waals surface area contributed by atoms with E-state index in [9.17, 15) is 19.5 Å². The minimum atomic E-state index is -0.999. The van der Waals surface area contributed by atoms with Crippen LogP contribution in [0, 0.1) is 6.92 Å². The number of benzene rings is 2. The molecular formula is C30H32N2O7S. The Morgan fingerprint density at radius 1 is 1.07 bits per heavy atom. The molecule has 1 aromatic heterocycles. The van der Waals surface area contributed by atoms with Crippen LogP contribution in [0.1, 0.15) is 65.6 Å². The van der Waals surface area contributed by atoms with Crippen molar-refractivity contribution < 1.29 is 33.7 Å². The van der Waals surface area contributed by atoms with E-state index in [0.29, 0.717) is 34.9 Å². The minimum absolute atomic E-state index is 0.0968. The number of carbonyl (C=O) groups excluding carboxylic acids is 3. The van der Waals surface area contributed by atoms with Gasteiger partial charge in [0, 0.05) is 5.56 Å². The molecule has 1 saturated heterocycles. The van der Waals surface area contributed by atoms with Gasteiger partial charge in [-0.05, 0) is 50.1 Å². The molecule has 0 spiro atoms. The van der Waals surface area contributed by atoms with Crippen molar-refractivity contribution in [3.63, 3.8) is 0 Å². The summed E-state index contributed by atoms with van der Waals surface area (Å²) < 4.78 is 16.2. The fourth-order valence-corrected chi connectivity index (χ4v) is 5.42. The maximum atomic E-state index is 13.5. The molecule has 0 bridgehead atoms. The molecule has 1 aliphatic rings. The second-order valence-electron chi connectivity index (χ2n) is 9.16. The van der Waals surface area contributed by atoms with Gasteiger partial charge in [-0.1, -0.05) is 55.4 Å². The van der Waals surface area contributed by atoms with E-state index < -0.39 is 23.7 Å². The van der Waals surface area contributed by atoms with E-state index in [1.807, 2.05) is 0 Å². The van der Waals surface area contributed by atoms with E-state index in [-0.39, 0.29) is 27.9 Å². The Morgan fingerprint density at radius 2 is 1.82 bits per heavy atom. The van der Waals surface area contributed by atoms with Crippen LogP contribution in [-0.4, -0.2) is 48.1 Å². The number of esters is 1. The lowest BCUT2D eigenvalue weighted by Gasteiger charge is -2.23. The zero-order chi connectivity index (χ0) is 28.8. The SMILES string of the molecule is CCCCCOc1ccc(C2C(=C(O)c3cccc(OC)c3)C(=O)C(=O)N2c2nc(C)c(C(=O)OCC)s2)cc1. The van der Waals surface area contributed by atoms with Crippen LogP contribution in [0.25, 0.3) is 5.76 Å². The van der Waals surface area contributed by atoms with Crippen LogP contribution in [0.3, 0.4) is 0 Å². The van der Waals surface area contributed by atoms with Crippen molar-refractivity contribution in [1.29, 1.82) is 0 Å². The first-order chi connectivity index (χ1) is 19.3. The first-order valence-electron chi connectivity index (χ1n) is 13.1. The Bertz CT molecular complexity index is 1430. The standard InChI is InChI=1S/C30H32N2O7S/c1-5-7-8-16-39-21-14-12-19(13-15-21)24-23(25(33)20-10-9-11-22(17-20)37-4)26(34)28(35)32(24)30-31-18(3)27(40-30)29(36)38-6-2/h9-15,17,24,33H,5-8,16H2,1-4H3. The van der Waals surface area contributed by atoms with E-state index in [1.54, 1.807) is 62.4 Å². The van der Waals surface area contributed by atoms with E-state index >= 15 is 0 Å². The molecule has 0 aliphatic carbocycles. The van der Waals surface area contributed by atoms with Gasteiger partial charge in [-0.3, -0.25) is 14.5 Å². The van der Waals surface area contributed by atoms with Crippen molar-refractivity contribution in [2.75, 3.05) is 25.2 Å². The van der Waals surface area contributed by atoms with Crippen LogP contribution in [0.2, 0.25) is 0 Å². The Balaban J connectivity index is 1.81. The van der Waals surface area contributed by atoms with Crippen molar-refractivity contribution in [2.24, 2.45) is 0 Å². The molecular weight excluding hydrogens is 532 g/mol. The number of Topliss-reactive ketones (excluding diaryl/α,β-unsaturated/α-hetero) is 1. The van der Waals surface area contributed by atoms with Crippen LogP contribution in [0.5, 0.6) is 11.5 Å². The fourth-order valence-electron chi connectivity index (χ4n) is 4.43. The van der Waals surface area contributed by atoms with E-state index in [1.165, 1.54) is 12.0 Å². The lowest BCUT2D eigenvalue weighted by Crippen LogP contribution is -2.29. The summed E-state index contributed by atoms with van der Waals surface area (Å²) in [4.78, 5) is 45.3. The van der Waals surface area contributed by atoms with Gasteiger partial charge in [-0.15, -0.1) is 0 Å². The van der Waals surface area contributed by atoms with Crippen molar-refractivity contribution in [3.05, 3.63) is 75.8 Å². The summed E-state index contributed by atoms with van der Waals surface area (Å²) in [5, 5.41) is 11.5. The van der Waals surface area contributed by atoms with Gasteiger partial charge in [0.15, 0.2) is 5.13 Å². The van der Waals surface area contributed by atoms with E-state index in [4.69, 9.17) is 14.2 Å². The summed E-state index contributed by atoms with van der Waals surface area (Å²) in [6.07, 6.45) is 3.09. The van der Waals surface area contributed by atoms with Crippen LogP contribution < -0.4 is 14.4 Å². The molecule has 9 nitrogen and oxygen atoms in total. The number of aromatic nitrogens is 1. The van der Waals surface area contributed by atoms with Gasteiger partial charge in [0.25, 0.3) is 5.78 Å². The smallest absolute Gasteiger partial charge is 0.350 e. The highest BCUT2D eigenvalue weighted by molar-refractivity contribution is 7.17. The first kappa shape index (κ1) is 28.8. The highest BCUT2D eigenvalue weighted by atomic mass is 32.1. The first-order valence-corrected chi connectivity index (χ1v) is 13.9. The number of methoxy groups -OCH3 is 1. The number of anilines is 1. The molecule has 1 fully saturated rings. The Labute approximate surface area is 237 Å². The number of hydrogen-bond acceptors (Lipinski definition) is 9. The highest BCUT2D eigenvalue weighted by Crippen LogP contribution is 2.44. The maximum absolute atomic E-state index is 13.5. The molecule has 1 N–H and O–H groups in total. The summed E-state index contributed by atoms with van der Waals surface area (Å²) in [7, 11) is 1.50. The van der Waals surface area contributed by atoms with E-state index in [0.717, 1.165) is 30.6 Å². The predicted molar refractivity (Wildman–Crippen MR) is 152 cm³/mol. The number of ether oxygens (including phenoxy) is 3. The summed E-state index contributed by atoms with van der Waals surface area (Å²) in [5.74, 6) is -1.50. The Morgan fingerprint density at radius 3 is 2.50 bits per heavy atom. The monoisotopic (exact) mass is 564 g/mol. The third-order valence-electron chi connectivity index (χ3n) is 6.45. The van der Waals surface area contributed by atoms with Crippen LogP contribution >= 0.6 is 11.3 Å². The van der Waals surface area contributed by atoms with Gasteiger partial charge in [-0.25, -0.2) is 9.78 Å². The number of aliphatic hydroxyl groups excluding tert-OH is 1. The average Bonchev–Trinajstić information content (AvgIpc) is 3.47. The topological polar surface area (TPSA) is 115 Å². The molecule has 3 aromatic rings. The molecule has 1 unspecified atom stereocenters. The fraction of sp³-hybridized carbons (Fsp3) is 0.333. The molecule has 2 heterocycles. The third kappa shape index (κ3) is 5.86. The summed E-state index contributed by atoms with van der Waals surface area (Å²) in [6.45, 7) is 6.22. The van der Waals surface area contributed by atoms with Gasteiger partial charge >= 0.3 is 11.9 Å². The minimum Gasteiger partial charge on any atom is -0.507 e. The van der Waals surface area contributed by atoms with Crippen LogP contribution in [0.4, 0.5) is 5.13 Å². The second kappa shape index (κ2) is 12.8. The summed E-state index contributed by atoms with van der Waals surface area (Å²) >= 11 is 0.962. The van der Waals surface area contributed by atoms with Crippen molar-refractivity contribution in [1.82, 2.24) is 4.98 Å². The van der Waals surface area contributed by atoms with Crippen LogP contribution in [0.15, 0.2) is 54.1 Å². The number of unbranched alkanes of at least 4 members (excludes halogenated alkanes) is 2. The number of nitrogens with zero attached hydrogens (tertiary/aromatic N) is 2.